The van der Waals surface area contributed by atoms with Gasteiger partial charge < -0.3 is 15.8 Å². The first-order valence-electron chi connectivity index (χ1n) is 5.89. The van der Waals surface area contributed by atoms with Crippen molar-refractivity contribution < 1.29 is 4.74 Å². The minimum Gasteiger partial charge on any atom is -0.492 e. The Hall–Kier alpha value is -2.17. The largest absolute Gasteiger partial charge is 0.492 e. The fraction of sp³-hybridized carbons (Fsp3) is 0.308. The highest BCUT2D eigenvalue weighted by atomic mass is 16.5. The predicted molar refractivity (Wildman–Crippen MR) is 72.8 cm³/mol. The molecule has 0 fully saturated rings. The summed E-state index contributed by atoms with van der Waals surface area (Å²) in [6.45, 7) is 3.15. The van der Waals surface area contributed by atoms with Crippen molar-refractivity contribution in [2.45, 2.75) is 6.92 Å². The monoisotopic (exact) mass is 246 g/mol. The third-order valence-corrected chi connectivity index (χ3v) is 2.67. The molecule has 0 unspecified atom stereocenters. The number of para-hydroxylation sites is 1. The first kappa shape index (κ1) is 12.3. The van der Waals surface area contributed by atoms with Gasteiger partial charge in [0.1, 0.15) is 18.2 Å². The van der Waals surface area contributed by atoms with Crippen LogP contribution in [-0.2, 0) is 7.05 Å². The summed E-state index contributed by atoms with van der Waals surface area (Å²) >= 11 is 0. The molecule has 0 saturated carbocycles. The molecule has 0 radical (unpaired) electrons. The van der Waals surface area contributed by atoms with E-state index in [-0.39, 0.29) is 0 Å². The normalized spacial score (nSPS) is 10.3. The van der Waals surface area contributed by atoms with E-state index in [0.29, 0.717) is 18.8 Å². The number of anilines is 2. The van der Waals surface area contributed by atoms with E-state index < -0.39 is 0 Å². The van der Waals surface area contributed by atoms with Crippen molar-refractivity contribution >= 4 is 11.5 Å². The second-order valence-corrected chi connectivity index (χ2v) is 4.06. The molecule has 1 heterocycles. The molecule has 0 aliphatic heterocycles. The molecule has 0 atom stereocenters. The molecule has 0 bridgehead atoms. The molecule has 5 nitrogen and oxygen atoms in total. The van der Waals surface area contributed by atoms with Crippen LogP contribution in [0.25, 0.3) is 0 Å². The molecular formula is C13H18N4O. The Balaban J connectivity index is 1.82. The average Bonchev–Trinajstić information content (AvgIpc) is 2.61. The van der Waals surface area contributed by atoms with Crippen molar-refractivity contribution in [3.8, 4) is 5.75 Å². The van der Waals surface area contributed by atoms with Crippen LogP contribution in [0, 0.1) is 6.92 Å². The summed E-state index contributed by atoms with van der Waals surface area (Å²) in [6.07, 6.45) is 0. The summed E-state index contributed by atoms with van der Waals surface area (Å²) in [7, 11) is 1.86. The highest BCUT2D eigenvalue weighted by Gasteiger charge is 2.08. The van der Waals surface area contributed by atoms with Gasteiger partial charge in [0.25, 0.3) is 0 Å². The summed E-state index contributed by atoms with van der Waals surface area (Å²) in [5, 5.41) is 7.46. The second-order valence-electron chi connectivity index (χ2n) is 4.06. The van der Waals surface area contributed by atoms with Crippen LogP contribution in [0.2, 0.25) is 0 Å². The number of hydrogen-bond acceptors (Lipinski definition) is 4. The Kier molecular flexibility index (Phi) is 3.72. The zero-order chi connectivity index (χ0) is 13.0. The number of nitrogens with two attached hydrogens (primary N) is 1. The number of benzene rings is 1. The number of rotatable bonds is 5. The van der Waals surface area contributed by atoms with Crippen LogP contribution >= 0.6 is 0 Å². The Morgan fingerprint density at radius 2 is 2.06 bits per heavy atom. The van der Waals surface area contributed by atoms with Gasteiger partial charge in [-0.25, -0.2) is 0 Å². The lowest BCUT2D eigenvalue weighted by Crippen LogP contribution is -2.14. The number of hydrogen-bond donors (Lipinski definition) is 2. The molecule has 0 spiro atoms. The first-order chi connectivity index (χ1) is 8.68. The molecule has 5 heteroatoms. The van der Waals surface area contributed by atoms with Crippen LogP contribution in [0.5, 0.6) is 5.75 Å². The lowest BCUT2D eigenvalue weighted by molar-refractivity contribution is 0.332. The van der Waals surface area contributed by atoms with Gasteiger partial charge >= 0.3 is 0 Å². The highest BCUT2D eigenvalue weighted by Crippen LogP contribution is 2.20. The molecular weight excluding hydrogens is 228 g/mol. The van der Waals surface area contributed by atoms with E-state index in [9.17, 15) is 0 Å². The van der Waals surface area contributed by atoms with Gasteiger partial charge in [0.2, 0.25) is 0 Å². The molecule has 0 amide bonds. The molecule has 0 aliphatic carbocycles. The maximum Gasteiger partial charge on any atom is 0.147 e. The molecule has 96 valence electrons. The van der Waals surface area contributed by atoms with Crippen molar-refractivity contribution in [2.24, 2.45) is 7.05 Å². The minimum atomic E-state index is 0.577. The first-order valence-corrected chi connectivity index (χ1v) is 5.89. The number of nitrogen functional groups attached to an aromatic ring is 1. The Labute approximate surface area is 107 Å². The number of ether oxygens (including phenoxy) is 1. The standard InChI is InChI=1S/C13H18N4O/c1-10-12(14)13(17(2)16-10)15-8-9-18-11-6-4-3-5-7-11/h3-7,15H,8-9,14H2,1-2H3. The topological polar surface area (TPSA) is 65.1 Å². The molecule has 3 N–H and O–H groups in total. The van der Waals surface area contributed by atoms with E-state index in [4.69, 9.17) is 10.5 Å². The summed E-state index contributed by atoms with van der Waals surface area (Å²) in [5.74, 6) is 1.71. The molecule has 1 aromatic heterocycles. The van der Waals surface area contributed by atoms with Gasteiger partial charge in [-0.3, -0.25) is 4.68 Å². The molecule has 0 saturated heterocycles. The van der Waals surface area contributed by atoms with E-state index in [2.05, 4.69) is 10.4 Å². The Morgan fingerprint density at radius 3 is 2.67 bits per heavy atom. The van der Waals surface area contributed by atoms with E-state index >= 15 is 0 Å². The van der Waals surface area contributed by atoms with Crippen LogP contribution in [0.15, 0.2) is 30.3 Å². The Morgan fingerprint density at radius 1 is 1.33 bits per heavy atom. The Bertz CT molecular complexity index is 507. The predicted octanol–water partition coefficient (Wildman–Crippen LogP) is 1.80. The van der Waals surface area contributed by atoms with Gasteiger partial charge in [0.15, 0.2) is 0 Å². The maximum absolute atomic E-state index is 5.91. The quantitative estimate of drug-likeness (QED) is 0.790. The van der Waals surface area contributed by atoms with Crippen LogP contribution in [0.3, 0.4) is 0 Å². The van der Waals surface area contributed by atoms with Crippen molar-refractivity contribution in [1.82, 2.24) is 9.78 Å². The number of aromatic nitrogens is 2. The molecule has 1 aromatic carbocycles. The highest BCUT2D eigenvalue weighted by molar-refractivity contribution is 5.64. The van der Waals surface area contributed by atoms with E-state index in [0.717, 1.165) is 17.3 Å². The molecule has 0 aliphatic rings. The van der Waals surface area contributed by atoms with Crippen molar-refractivity contribution in [2.75, 3.05) is 24.2 Å². The van der Waals surface area contributed by atoms with Gasteiger partial charge in [-0.2, -0.15) is 5.10 Å². The average molecular weight is 246 g/mol. The number of aryl methyl sites for hydroxylation is 2. The zero-order valence-electron chi connectivity index (χ0n) is 10.7. The van der Waals surface area contributed by atoms with Crippen molar-refractivity contribution in [3.05, 3.63) is 36.0 Å². The third-order valence-electron chi connectivity index (χ3n) is 2.67. The van der Waals surface area contributed by atoms with Gasteiger partial charge in [0.05, 0.1) is 17.9 Å². The zero-order valence-corrected chi connectivity index (χ0v) is 10.7. The van der Waals surface area contributed by atoms with Crippen molar-refractivity contribution in [3.63, 3.8) is 0 Å². The van der Waals surface area contributed by atoms with Crippen molar-refractivity contribution in [1.29, 1.82) is 0 Å². The van der Waals surface area contributed by atoms with E-state index in [1.165, 1.54) is 0 Å². The second kappa shape index (κ2) is 5.44. The van der Waals surface area contributed by atoms with Crippen LogP contribution in [0.4, 0.5) is 11.5 Å². The summed E-state index contributed by atoms with van der Waals surface area (Å²) in [6, 6.07) is 9.73. The smallest absolute Gasteiger partial charge is 0.147 e. The van der Waals surface area contributed by atoms with E-state index in [1.807, 2.05) is 44.3 Å². The van der Waals surface area contributed by atoms with Gasteiger partial charge in [-0.15, -0.1) is 0 Å². The lowest BCUT2D eigenvalue weighted by atomic mass is 10.3. The lowest BCUT2D eigenvalue weighted by Gasteiger charge is -2.09. The molecule has 2 rings (SSSR count). The van der Waals surface area contributed by atoms with Crippen LogP contribution < -0.4 is 15.8 Å². The summed E-state index contributed by atoms with van der Waals surface area (Å²) in [4.78, 5) is 0. The maximum atomic E-state index is 5.91. The van der Waals surface area contributed by atoms with Gasteiger partial charge in [0, 0.05) is 7.05 Å². The van der Waals surface area contributed by atoms with Gasteiger partial charge in [-0.05, 0) is 19.1 Å². The van der Waals surface area contributed by atoms with Crippen LogP contribution in [-0.4, -0.2) is 22.9 Å². The number of nitrogens with zero attached hydrogens (tertiary/aromatic N) is 2. The molecule has 18 heavy (non-hydrogen) atoms. The van der Waals surface area contributed by atoms with Gasteiger partial charge in [-0.1, -0.05) is 18.2 Å². The van der Waals surface area contributed by atoms with Crippen LogP contribution in [0.1, 0.15) is 5.69 Å². The summed E-state index contributed by atoms with van der Waals surface area (Å²) in [5.41, 5.74) is 7.44. The fourth-order valence-corrected chi connectivity index (χ4v) is 1.74. The third kappa shape index (κ3) is 2.74. The van der Waals surface area contributed by atoms with E-state index in [1.54, 1.807) is 4.68 Å². The fourth-order valence-electron chi connectivity index (χ4n) is 1.74. The summed E-state index contributed by atoms with van der Waals surface area (Å²) < 4.78 is 7.32. The molecule has 2 aromatic rings. The number of nitrogens with one attached hydrogen (secondary N) is 1. The minimum absolute atomic E-state index is 0.577. The SMILES string of the molecule is Cc1nn(C)c(NCCOc2ccccc2)c1N.